The van der Waals surface area contributed by atoms with Crippen molar-refractivity contribution in [1.29, 1.82) is 0 Å². The lowest BCUT2D eigenvalue weighted by molar-refractivity contribution is 0.0505. The molecule has 5 rings (SSSR count). The summed E-state index contributed by atoms with van der Waals surface area (Å²) in [4.78, 5) is 33.4. The fraction of sp³-hybridized carbons (Fsp3) is 0.323. The number of hydrogen-bond acceptors (Lipinski definition) is 8. The van der Waals surface area contributed by atoms with E-state index in [9.17, 15) is 13.2 Å². The van der Waals surface area contributed by atoms with Crippen LogP contribution in [0.1, 0.15) is 54.5 Å². The first kappa shape index (κ1) is 29.1. The summed E-state index contributed by atoms with van der Waals surface area (Å²) < 4.78 is 35.8. The predicted octanol–water partition coefficient (Wildman–Crippen LogP) is 5.19. The molecule has 0 unspecified atom stereocenters. The van der Waals surface area contributed by atoms with Gasteiger partial charge in [0, 0.05) is 29.6 Å². The van der Waals surface area contributed by atoms with Crippen molar-refractivity contribution in [3.8, 4) is 17.1 Å². The first-order valence-electron chi connectivity index (χ1n) is 13.7. The fourth-order valence-corrected chi connectivity index (χ4v) is 6.10. The van der Waals surface area contributed by atoms with Gasteiger partial charge in [-0.25, -0.2) is 28.1 Å². The van der Waals surface area contributed by atoms with Gasteiger partial charge in [0.25, 0.3) is 15.9 Å². The van der Waals surface area contributed by atoms with Gasteiger partial charge in [-0.3, -0.25) is 4.79 Å². The van der Waals surface area contributed by atoms with E-state index in [-0.39, 0.29) is 46.8 Å². The maximum atomic E-state index is 14.1. The quantitative estimate of drug-likeness (QED) is 0.346. The Hall–Kier alpha value is -4.38. The molecule has 1 amide bonds. The number of aromatic nitrogens is 4. The first-order valence-corrected chi connectivity index (χ1v) is 15.2. The molecule has 1 aliphatic rings. The number of nitrogens with zero attached hydrogens (tertiary/aromatic N) is 5. The van der Waals surface area contributed by atoms with Crippen molar-refractivity contribution >= 4 is 21.9 Å². The van der Waals surface area contributed by atoms with Crippen LogP contribution < -0.4 is 9.46 Å². The number of rotatable bonds is 4. The SMILES string of the molecule is Cc1cccc(C)c1-c1cc2nc(n1)NS(=O)(=O)c1cccc(c1)C(=O)N(Cc1ncccn1)[C@H](CC(C)(C)C)CO2. The second-order valence-corrected chi connectivity index (χ2v) is 13.3. The third-order valence-corrected chi connectivity index (χ3v) is 8.29. The lowest BCUT2D eigenvalue weighted by Gasteiger charge is -2.35. The van der Waals surface area contributed by atoms with Crippen LogP contribution in [0.25, 0.3) is 11.3 Å². The Morgan fingerprint density at radius 1 is 0.976 bits per heavy atom. The van der Waals surface area contributed by atoms with Gasteiger partial charge in [0.05, 0.1) is 23.2 Å². The van der Waals surface area contributed by atoms with Crippen LogP contribution in [-0.4, -0.2) is 51.8 Å². The normalized spacial score (nSPS) is 16.8. The third-order valence-electron chi connectivity index (χ3n) is 6.96. The molecular formula is C31H34N6O4S. The highest BCUT2D eigenvalue weighted by atomic mass is 32.2. The molecule has 1 N–H and O–H groups in total. The number of hydrogen-bond donors (Lipinski definition) is 1. The highest BCUT2D eigenvalue weighted by Gasteiger charge is 2.32. The molecule has 10 nitrogen and oxygen atoms in total. The monoisotopic (exact) mass is 586 g/mol. The molecule has 1 aliphatic heterocycles. The van der Waals surface area contributed by atoms with Gasteiger partial charge < -0.3 is 9.64 Å². The molecule has 4 bridgehead atoms. The summed E-state index contributed by atoms with van der Waals surface area (Å²) in [6, 6.07) is 14.8. The standard InChI is InChI=1S/C31H34N6O4S/c1-20-9-6-10-21(2)28(20)25-16-27-35-30(34-25)36-42(39,40)24-12-7-11-22(15-24)29(38)37(18-26-32-13-8-14-33-26)23(19-41-27)17-31(3,4)5/h6-16,23H,17-19H2,1-5H3,(H,34,35,36)/t23-/m1/s1. The first-order chi connectivity index (χ1) is 19.9. The van der Waals surface area contributed by atoms with Crippen molar-refractivity contribution in [1.82, 2.24) is 24.8 Å². The summed E-state index contributed by atoms with van der Waals surface area (Å²) in [5.41, 5.74) is 3.38. The van der Waals surface area contributed by atoms with E-state index in [1.165, 1.54) is 12.1 Å². The number of nitrogens with one attached hydrogen (secondary N) is 1. The van der Waals surface area contributed by atoms with E-state index in [4.69, 9.17) is 4.74 Å². The third kappa shape index (κ3) is 6.57. The number of carbonyl (C=O) groups is 1. The summed E-state index contributed by atoms with van der Waals surface area (Å²) in [5, 5.41) is 0. The molecule has 2 aromatic heterocycles. The van der Waals surface area contributed by atoms with Crippen LogP contribution in [0.15, 0.2) is 71.9 Å². The summed E-state index contributed by atoms with van der Waals surface area (Å²) >= 11 is 0. The summed E-state index contributed by atoms with van der Waals surface area (Å²) in [6.07, 6.45) is 3.84. The molecule has 3 heterocycles. The number of ether oxygens (including phenoxy) is 1. The largest absolute Gasteiger partial charge is 0.475 e. The van der Waals surface area contributed by atoms with Crippen molar-refractivity contribution in [3.05, 3.63) is 89.5 Å². The molecule has 11 heteroatoms. The zero-order chi connectivity index (χ0) is 30.1. The van der Waals surface area contributed by atoms with E-state index in [1.807, 2.05) is 32.0 Å². The second kappa shape index (κ2) is 11.5. The topological polar surface area (TPSA) is 127 Å². The van der Waals surface area contributed by atoms with E-state index in [0.717, 1.165) is 16.7 Å². The molecular weight excluding hydrogens is 552 g/mol. The second-order valence-electron chi connectivity index (χ2n) is 11.6. The minimum Gasteiger partial charge on any atom is -0.475 e. The number of sulfonamides is 1. The molecule has 4 aromatic rings. The van der Waals surface area contributed by atoms with E-state index >= 15 is 0 Å². The number of aryl methyl sites for hydroxylation is 2. The molecule has 0 fully saturated rings. The maximum absolute atomic E-state index is 14.1. The Kier molecular flexibility index (Phi) is 7.96. The molecule has 0 saturated heterocycles. The molecule has 0 aliphatic carbocycles. The van der Waals surface area contributed by atoms with Gasteiger partial charge in [0.2, 0.25) is 11.8 Å². The Bertz CT molecular complexity index is 1700. The minimum atomic E-state index is -4.15. The van der Waals surface area contributed by atoms with Gasteiger partial charge in [-0.2, -0.15) is 4.98 Å². The minimum absolute atomic E-state index is 0.0839. The molecule has 42 heavy (non-hydrogen) atoms. The fourth-order valence-electron chi connectivity index (χ4n) is 5.11. The molecule has 0 saturated carbocycles. The van der Waals surface area contributed by atoms with Gasteiger partial charge in [0.15, 0.2) is 0 Å². The van der Waals surface area contributed by atoms with Gasteiger partial charge in [-0.15, -0.1) is 0 Å². The van der Waals surface area contributed by atoms with Gasteiger partial charge >= 0.3 is 0 Å². The van der Waals surface area contributed by atoms with Crippen molar-refractivity contribution < 1.29 is 17.9 Å². The summed E-state index contributed by atoms with van der Waals surface area (Å²) in [5.74, 6) is 0.170. The zero-order valence-corrected chi connectivity index (χ0v) is 25.1. The van der Waals surface area contributed by atoms with Crippen molar-refractivity contribution in [2.75, 3.05) is 11.3 Å². The Balaban J connectivity index is 1.68. The lowest BCUT2D eigenvalue weighted by atomic mass is 9.87. The molecule has 218 valence electrons. The van der Waals surface area contributed by atoms with Gasteiger partial charge in [0.1, 0.15) is 12.4 Å². The van der Waals surface area contributed by atoms with Crippen LogP contribution in [0.4, 0.5) is 5.95 Å². The number of anilines is 1. The van der Waals surface area contributed by atoms with Crippen LogP contribution in [0, 0.1) is 19.3 Å². The van der Waals surface area contributed by atoms with E-state index < -0.39 is 16.1 Å². The molecule has 0 radical (unpaired) electrons. The Morgan fingerprint density at radius 3 is 2.36 bits per heavy atom. The number of amides is 1. The van der Waals surface area contributed by atoms with Crippen LogP contribution in [0.3, 0.4) is 0 Å². The summed E-state index contributed by atoms with van der Waals surface area (Å²) in [6.45, 7) is 10.4. The summed E-state index contributed by atoms with van der Waals surface area (Å²) in [7, 11) is -4.15. The van der Waals surface area contributed by atoms with Gasteiger partial charge in [-0.1, -0.05) is 45.0 Å². The van der Waals surface area contributed by atoms with E-state index in [2.05, 4.69) is 45.4 Å². The zero-order valence-electron chi connectivity index (χ0n) is 24.3. The smallest absolute Gasteiger partial charge is 0.264 e. The molecule has 1 atom stereocenters. The average Bonchev–Trinajstić information content (AvgIpc) is 2.93. The van der Waals surface area contributed by atoms with Crippen LogP contribution in [0.5, 0.6) is 5.88 Å². The number of fused-ring (bicyclic) bond motifs is 4. The van der Waals surface area contributed by atoms with E-state index in [0.29, 0.717) is 17.9 Å². The van der Waals surface area contributed by atoms with Crippen LogP contribution in [-0.2, 0) is 16.6 Å². The number of benzene rings is 2. The molecule has 0 spiro atoms. The lowest BCUT2D eigenvalue weighted by Crippen LogP contribution is -2.45. The Morgan fingerprint density at radius 2 is 1.67 bits per heavy atom. The van der Waals surface area contributed by atoms with E-state index in [1.54, 1.807) is 41.6 Å². The molecule has 2 aromatic carbocycles. The van der Waals surface area contributed by atoms with Crippen molar-refractivity contribution in [2.24, 2.45) is 5.41 Å². The van der Waals surface area contributed by atoms with Crippen molar-refractivity contribution in [3.63, 3.8) is 0 Å². The van der Waals surface area contributed by atoms with Crippen molar-refractivity contribution in [2.45, 2.75) is 58.5 Å². The highest BCUT2D eigenvalue weighted by molar-refractivity contribution is 7.92. The van der Waals surface area contributed by atoms with Gasteiger partial charge in [-0.05, 0) is 61.1 Å². The van der Waals surface area contributed by atoms with Crippen LogP contribution in [0.2, 0.25) is 0 Å². The Labute approximate surface area is 246 Å². The number of carbonyl (C=O) groups excluding carboxylic acids is 1. The maximum Gasteiger partial charge on any atom is 0.264 e. The average molecular weight is 587 g/mol. The highest BCUT2D eigenvalue weighted by Crippen LogP contribution is 2.31. The predicted molar refractivity (Wildman–Crippen MR) is 159 cm³/mol. The van der Waals surface area contributed by atoms with Crippen LogP contribution >= 0.6 is 0 Å².